The first-order chi connectivity index (χ1) is 21.3. The second-order valence-corrected chi connectivity index (χ2v) is 13.0. The molecule has 0 unspecified atom stereocenters. The minimum Gasteiger partial charge on any atom is -0.391 e. The lowest BCUT2D eigenvalue weighted by Gasteiger charge is -2.37. The van der Waals surface area contributed by atoms with E-state index in [0.717, 1.165) is 29.7 Å². The highest BCUT2D eigenvalue weighted by atomic mass is 19.4. The first kappa shape index (κ1) is 29.8. The average Bonchev–Trinajstić information content (AvgIpc) is 3.55. The maximum atomic E-state index is 13.7. The summed E-state index contributed by atoms with van der Waals surface area (Å²) in [6, 6.07) is 5.15. The predicted octanol–water partition coefficient (Wildman–Crippen LogP) is 3.27. The molecule has 5 N–H and O–H groups in total. The van der Waals surface area contributed by atoms with Gasteiger partial charge >= 0.3 is 6.18 Å². The van der Waals surface area contributed by atoms with Gasteiger partial charge in [-0.15, -0.1) is 5.10 Å². The Bertz CT molecular complexity index is 1680. The number of halogens is 3. The number of hydrogen-bond acceptors (Lipinski definition) is 8. The van der Waals surface area contributed by atoms with Crippen LogP contribution in [0.15, 0.2) is 24.4 Å². The van der Waals surface area contributed by atoms with E-state index in [4.69, 9.17) is 10.7 Å². The number of carbonyl (C=O) groups is 2. The first-order valence-corrected chi connectivity index (χ1v) is 15.5. The van der Waals surface area contributed by atoms with E-state index in [-0.39, 0.29) is 41.8 Å². The number of aliphatic hydroxyl groups excluding tert-OH is 1. The number of alkyl halides is 3. The molecule has 0 radical (unpaired) electrons. The van der Waals surface area contributed by atoms with Crippen LogP contribution in [-0.4, -0.2) is 84.6 Å². The number of carbonyl (C=O) groups excluding carboxylic acids is 2. The van der Waals surface area contributed by atoms with Crippen LogP contribution >= 0.6 is 0 Å². The fraction of sp³-hybridized carbons (Fsp3) is 0.548. The minimum atomic E-state index is -4.73. The van der Waals surface area contributed by atoms with Gasteiger partial charge in [0.15, 0.2) is 17.1 Å². The summed E-state index contributed by atoms with van der Waals surface area (Å²) in [5, 5.41) is 27.3. The molecule has 2 aromatic heterocycles. The number of nitrogens with two attached hydrogens (primary N) is 1. The standard InChI is InChI=1S/C31H36F3N7O4/c1-16(17-2-3-17)40-14-19-12-18(13-23(24(19)29(40)44)39-10-6-21(42)15-39)22-7-11-41-27(37-22)25(26(35)38-41)28(43)36-20-4-8-30(45,9-5-20)31(32,33)34/h7,11-13,16-17,20-21,42,45H,2-6,8-10,14-15H2,1H3,(H2,35,38)(H,36,43)/t16-,20?,21+,30?/m0/s1. The molecule has 45 heavy (non-hydrogen) atoms. The Morgan fingerprint density at radius 3 is 2.56 bits per heavy atom. The largest absolute Gasteiger partial charge is 0.417 e. The van der Waals surface area contributed by atoms with Crippen LogP contribution in [0.5, 0.6) is 0 Å². The summed E-state index contributed by atoms with van der Waals surface area (Å²) in [6.45, 7) is 3.60. The highest BCUT2D eigenvalue weighted by molar-refractivity contribution is 6.06. The van der Waals surface area contributed by atoms with E-state index in [9.17, 15) is 33.0 Å². The average molecular weight is 628 g/mol. The SMILES string of the molecule is C[C@@H](C1CC1)N1Cc2cc(-c3ccn4nc(N)c(C(=O)NC5CCC(O)(C(F)(F)F)CC5)c4n3)cc(N3CC[C@@H](O)C3)c2C1=O. The molecular formula is C31H36F3N7O4. The van der Waals surface area contributed by atoms with Crippen molar-refractivity contribution in [2.75, 3.05) is 23.7 Å². The van der Waals surface area contributed by atoms with Gasteiger partial charge in [-0.25, -0.2) is 9.50 Å². The number of benzene rings is 1. The Balaban J connectivity index is 1.20. The van der Waals surface area contributed by atoms with Crippen molar-refractivity contribution in [1.82, 2.24) is 24.8 Å². The zero-order valence-corrected chi connectivity index (χ0v) is 24.8. The lowest BCUT2D eigenvalue weighted by molar-refractivity contribution is -0.270. The molecule has 2 amide bonds. The molecule has 2 saturated carbocycles. The molecule has 2 atom stereocenters. The molecule has 2 aliphatic carbocycles. The van der Waals surface area contributed by atoms with Crippen molar-refractivity contribution in [3.8, 4) is 11.3 Å². The molecule has 1 aromatic carbocycles. The van der Waals surface area contributed by atoms with Crippen LogP contribution in [0.1, 0.15) is 78.1 Å². The van der Waals surface area contributed by atoms with Gasteiger partial charge in [0.05, 0.1) is 23.0 Å². The van der Waals surface area contributed by atoms with Gasteiger partial charge in [0.2, 0.25) is 0 Å². The van der Waals surface area contributed by atoms with Crippen molar-refractivity contribution in [2.24, 2.45) is 5.92 Å². The molecule has 11 nitrogen and oxygen atoms in total. The van der Waals surface area contributed by atoms with Gasteiger partial charge in [-0.05, 0) is 81.5 Å². The molecule has 0 spiro atoms. The van der Waals surface area contributed by atoms with E-state index in [0.29, 0.717) is 43.2 Å². The van der Waals surface area contributed by atoms with Crippen LogP contribution in [0.2, 0.25) is 0 Å². The summed E-state index contributed by atoms with van der Waals surface area (Å²) < 4.78 is 41.1. The number of nitrogens with one attached hydrogen (secondary N) is 1. The second kappa shape index (κ2) is 10.6. The monoisotopic (exact) mass is 627 g/mol. The van der Waals surface area contributed by atoms with Gasteiger partial charge < -0.3 is 31.1 Å². The molecule has 4 heterocycles. The summed E-state index contributed by atoms with van der Waals surface area (Å²) in [6.07, 6.45) is -1.87. The Morgan fingerprint density at radius 2 is 1.91 bits per heavy atom. The van der Waals surface area contributed by atoms with E-state index in [1.165, 1.54) is 4.52 Å². The van der Waals surface area contributed by atoms with E-state index >= 15 is 0 Å². The van der Waals surface area contributed by atoms with Crippen LogP contribution in [0.4, 0.5) is 24.7 Å². The molecule has 3 fully saturated rings. The smallest absolute Gasteiger partial charge is 0.391 e. The third-order valence-corrected chi connectivity index (χ3v) is 10.0. The van der Waals surface area contributed by atoms with Crippen molar-refractivity contribution < 1.29 is 33.0 Å². The number of hydrogen-bond donors (Lipinski definition) is 4. The fourth-order valence-electron chi connectivity index (χ4n) is 7.08. The maximum absolute atomic E-state index is 13.7. The van der Waals surface area contributed by atoms with Gasteiger partial charge in [0.25, 0.3) is 11.8 Å². The zero-order chi connectivity index (χ0) is 31.8. The Kier molecular flexibility index (Phi) is 7.00. The number of rotatable bonds is 6. The fourth-order valence-corrected chi connectivity index (χ4v) is 7.08. The van der Waals surface area contributed by atoms with Crippen molar-refractivity contribution in [3.63, 3.8) is 0 Å². The number of amides is 2. The normalized spacial score (nSPS) is 26.0. The molecular weight excluding hydrogens is 591 g/mol. The van der Waals surface area contributed by atoms with Gasteiger partial charge in [-0.3, -0.25) is 9.59 Å². The number of nitrogen functional groups attached to an aromatic ring is 1. The molecule has 7 rings (SSSR count). The number of β-amino-alcohol motifs (C(OH)–C–C–N with tert-alkyl or cyclic N) is 1. The summed E-state index contributed by atoms with van der Waals surface area (Å²) in [4.78, 5) is 35.8. The topological polar surface area (TPSA) is 149 Å². The van der Waals surface area contributed by atoms with Gasteiger partial charge in [-0.2, -0.15) is 13.2 Å². The highest BCUT2D eigenvalue weighted by Gasteiger charge is 2.54. The van der Waals surface area contributed by atoms with E-state index in [1.807, 2.05) is 21.9 Å². The van der Waals surface area contributed by atoms with Crippen LogP contribution in [0.3, 0.4) is 0 Å². The third kappa shape index (κ3) is 5.17. The lowest BCUT2D eigenvalue weighted by atomic mass is 9.81. The zero-order valence-electron chi connectivity index (χ0n) is 24.8. The van der Waals surface area contributed by atoms with Crippen LogP contribution < -0.4 is 16.0 Å². The number of aromatic nitrogens is 3. The van der Waals surface area contributed by atoms with E-state index in [1.54, 1.807) is 12.3 Å². The quantitative estimate of drug-likeness (QED) is 0.326. The van der Waals surface area contributed by atoms with E-state index in [2.05, 4.69) is 17.3 Å². The maximum Gasteiger partial charge on any atom is 0.417 e. The third-order valence-electron chi connectivity index (χ3n) is 10.0. The Labute approximate surface area is 257 Å². The van der Waals surface area contributed by atoms with Crippen LogP contribution in [-0.2, 0) is 6.54 Å². The van der Waals surface area contributed by atoms with Crippen LogP contribution in [0.25, 0.3) is 16.9 Å². The second-order valence-electron chi connectivity index (χ2n) is 13.0. The lowest BCUT2D eigenvalue weighted by Crippen LogP contribution is -2.51. The van der Waals surface area contributed by atoms with Crippen LogP contribution in [0, 0.1) is 5.92 Å². The van der Waals surface area contributed by atoms with Gasteiger partial charge in [0, 0.05) is 43.5 Å². The summed E-state index contributed by atoms with van der Waals surface area (Å²) in [7, 11) is 0. The molecule has 2 aliphatic heterocycles. The van der Waals surface area contributed by atoms with Gasteiger partial charge in [-0.1, -0.05) is 0 Å². The summed E-state index contributed by atoms with van der Waals surface area (Å²) in [5.41, 5.74) is 7.11. The van der Waals surface area contributed by atoms with Crippen molar-refractivity contribution in [2.45, 2.75) is 88.4 Å². The highest BCUT2D eigenvalue weighted by Crippen LogP contribution is 2.43. The molecule has 4 aliphatic rings. The molecule has 14 heteroatoms. The molecule has 240 valence electrons. The molecule has 0 bridgehead atoms. The number of anilines is 2. The number of fused-ring (bicyclic) bond motifs is 2. The Morgan fingerprint density at radius 1 is 1.18 bits per heavy atom. The summed E-state index contributed by atoms with van der Waals surface area (Å²) in [5.74, 6) is -0.179. The Hall–Kier alpha value is -3.91. The summed E-state index contributed by atoms with van der Waals surface area (Å²) >= 11 is 0. The van der Waals surface area contributed by atoms with E-state index < -0.39 is 42.7 Å². The molecule has 3 aromatic rings. The number of nitrogens with zero attached hydrogens (tertiary/aromatic N) is 5. The predicted molar refractivity (Wildman–Crippen MR) is 158 cm³/mol. The minimum absolute atomic E-state index is 0.00495. The van der Waals surface area contributed by atoms with Gasteiger partial charge in [0.1, 0.15) is 5.56 Å². The van der Waals surface area contributed by atoms with Crippen molar-refractivity contribution in [3.05, 3.63) is 41.1 Å². The van der Waals surface area contributed by atoms with Crippen molar-refractivity contribution in [1.29, 1.82) is 0 Å². The first-order valence-electron chi connectivity index (χ1n) is 15.5. The molecule has 1 saturated heterocycles. The van der Waals surface area contributed by atoms with Crippen molar-refractivity contribution >= 4 is 29.0 Å². The number of aliphatic hydroxyl groups is 2.